The zero-order chi connectivity index (χ0) is 9.68. The van der Waals surface area contributed by atoms with Crippen LogP contribution < -0.4 is 16.6 Å². The lowest BCUT2D eigenvalue weighted by Gasteiger charge is -2.08. The van der Waals surface area contributed by atoms with Gasteiger partial charge in [-0.1, -0.05) is 19.1 Å². The van der Waals surface area contributed by atoms with Gasteiger partial charge in [-0.2, -0.15) is 0 Å². The Bertz CT molecular complexity index is 299. The third kappa shape index (κ3) is 2.66. The molecule has 0 saturated heterocycles. The zero-order valence-electron chi connectivity index (χ0n) is 7.50. The Kier molecular flexibility index (Phi) is 3.14. The first-order valence-corrected chi connectivity index (χ1v) is 4.13. The number of benzene rings is 1. The van der Waals surface area contributed by atoms with Crippen molar-refractivity contribution in [2.75, 3.05) is 11.2 Å². The Morgan fingerprint density at radius 2 is 2.15 bits per heavy atom. The van der Waals surface area contributed by atoms with Crippen molar-refractivity contribution in [1.82, 2.24) is 5.43 Å². The van der Waals surface area contributed by atoms with Crippen molar-refractivity contribution >= 4 is 17.3 Å². The molecule has 0 aliphatic heterocycles. The van der Waals surface area contributed by atoms with E-state index in [-0.39, 0.29) is 5.91 Å². The number of carbonyl (C=O) groups excluding carboxylic acids is 1. The van der Waals surface area contributed by atoms with Gasteiger partial charge in [0.05, 0.1) is 11.4 Å². The summed E-state index contributed by atoms with van der Waals surface area (Å²) in [5.41, 5.74) is 12.2. The molecule has 0 spiro atoms. The molecule has 0 radical (unpaired) electrons. The van der Waals surface area contributed by atoms with Gasteiger partial charge in [-0.3, -0.25) is 15.6 Å². The van der Waals surface area contributed by atoms with Gasteiger partial charge in [0.15, 0.2) is 0 Å². The fraction of sp³-hybridized carbons (Fsp3) is 0.222. The normalized spacial score (nSPS) is 9.31. The SMILES string of the molecule is CCC(=O)NNc1ccccc1N. The minimum Gasteiger partial charge on any atom is -0.397 e. The molecule has 0 atom stereocenters. The number of rotatable bonds is 3. The first-order valence-electron chi connectivity index (χ1n) is 4.13. The lowest BCUT2D eigenvalue weighted by atomic mass is 10.3. The van der Waals surface area contributed by atoms with E-state index in [0.717, 1.165) is 0 Å². The van der Waals surface area contributed by atoms with E-state index in [1.54, 1.807) is 19.1 Å². The Labute approximate surface area is 77.1 Å². The number of nitrogens with two attached hydrogens (primary N) is 1. The van der Waals surface area contributed by atoms with E-state index in [4.69, 9.17) is 5.73 Å². The highest BCUT2D eigenvalue weighted by Gasteiger charge is 1.98. The standard InChI is InChI=1S/C9H13N3O/c1-2-9(13)12-11-8-6-4-3-5-7(8)10/h3-6,11H,2,10H2,1H3,(H,12,13). The quantitative estimate of drug-likeness (QED) is 0.481. The molecule has 0 aliphatic carbocycles. The van der Waals surface area contributed by atoms with Crippen molar-refractivity contribution in [3.05, 3.63) is 24.3 Å². The molecular weight excluding hydrogens is 166 g/mol. The summed E-state index contributed by atoms with van der Waals surface area (Å²) in [4.78, 5) is 10.9. The molecule has 13 heavy (non-hydrogen) atoms. The van der Waals surface area contributed by atoms with Crippen molar-refractivity contribution in [3.8, 4) is 0 Å². The molecule has 0 saturated carbocycles. The van der Waals surface area contributed by atoms with Crippen LogP contribution in [-0.4, -0.2) is 5.91 Å². The predicted octanol–water partition coefficient (Wildman–Crippen LogP) is 1.12. The number of carbonyl (C=O) groups is 1. The largest absolute Gasteiger partial charge is 0.397 e. The van der Waals surface area contributed by atoms with Crippen LogP contribution >= 0.6 is 0 Å². The van der Waals surface area contributed by atoms with Gasteiger partial charge in [-0.15, -0.1) is 0 Å². The number of hydrazine groups is 1. The molecule has 0 aliphatic rings. The third-order valence-corrected chi connectivity index (χ3v) is 1.62. The number of amides is 1. The first kappa shape index (κ1) is 9.38. The van der Waals surface area contributed by atoms with Crippen LogP contribution in [0.15, 0.2) is 24.3 Å². The summed E-state index contributed by atoms with van der Waals surface area (Å²) in [6.45, 7) is 1.78. The molecule has 4 nitrogen and oxygen atoms in total. The fourth-order valence-corrected chi connectivity index (χ4v) is 0.836. The molecule has 4 N–H and O–H groups in total. The van der Waals surface area contributed by atoms with E-state index < -0.39 is 0 Å². The molecule has 0 heterocycles. The van der Waals surface area contributed by atoms with E-state index >= 15 is 0 Å². The molecule has 1 rings (SSSR count). The number of hydrogen-bond donors (Lipinski definition) is 3. The average molecular weight is 179 g/mol. The van der Waals surface area contributed by atoms with Crippen molar-refractivity contribution in [2.45, 2.75) is 13.3 Å². The number of nitrogen functional groups attached to an aromatic ring is 1. The Hall–Kier alpha value is -1.71. The van der Waals surface area contributed by atoms with Crippen LogP contribution in [0.25, 0.3) is 0 Å². The average Bonchev–Trinajstić information content (AvgIpc) is 2.16. The predicted molar refractivity (Wildman–Crippen MR) is 52.9 cm³/mol. The summed E-state index contributed by atoms with van der Waals surface area (Å²) in [5, 5.41) is 0. The van der Waals surface area contributed by atoms with Crippen LogP contribution in [0, 0.1) is 0 Å². The second-order valence-corrected chi connectivity index (χ2v) is 2.61. The van der Waals surface area contributed by atoms with E-state index in [1.165, 1.54) is 0 Å². The summed E-state index contributed by atoms with van der Waals surface area (Å²) in [7, 11) is 0. The lowest BCUT2D eigenvalue weighted by Crippen LogP contribution is -2.28. The maximum absolute atomic E-state index is 10.9. The van der Waals surface area contributed by atoms with Crippen molar-refractivity contribution < 1.29 is 4.79 Å². The van der Waals surface area contributed by atoms with Crippen molar-refractivity contribution in [3.63, 3.8) is 0 Å². The maximum Gasteiger partial charge on any atom is 0.238 e. The van der Waals surface area contributed by atoms with Crippen molar-refractivity contribution in [2.24, 2.45) is 0 Å². The number of nitrogens with one attached hydrogen (secondary N) is 2. The van der Waals surface area contributed by atoms with Gasteiger partial charge in [0.1, 0.15) is 0 Å². The minimum atomic E-state index is -0.0664. The van der Waals surface area contributed by atoms with Crippen LogP contribution in [0.3, 0.4) is 0 Å². The van der Waals surface area contributed by atoms with Gasteiger partial charge in [0.2, 0.25) is 5.91 Å². The zero-order valence-corrected chi connectivity index (χ0v) is 7.50. The molecule has 0 aromatic heterocycles. The number of para-hydroxylation sites is 2. The smallest absolute Gasteiger partial charge is 0.238 e. The number of hydrogen-bond acceptors (Lipinski definition) is 3. The maximum atomic E-state index is 10.9. The van der Waals surface area contributed by atoms with Crippen molar-refractivity contribution in [1.29, 1.82) is 0 Å². The molecule has 4 heteroatoms. The summed E-state index contributed by atoms with van der Waals surface area (Å²) >= 11 is 0. The van der Waals surface area contributed by atoms with Gasteiger partial charge in [0.25, 0.3) is 0 Å². The van der Waals surface area contributed by atoms with E-state index in [0.29, 0.717) is 17.8 Å². The molecule has 70 valence electrons. The molecule has 0 bridgehead atoms. The van der Waals surface area contributed by atoms with Gasteiger partial charge in [-0.05, 0) is 12.1 Å². The number of anilines is 2. The summed E-state index contributed by atoms with van der Waals surface area (Å²) in [6.07, 6.45) is 0.444. The summed E-state index contributed by atoms with van der Waals surface area (Å²) in [6, 6.07) is 7.24. The lowest BCUT2D eigenvalue weighted by molar-refractivity contribution is -0.120. The second kappa shape index (κ2) is 4.35. The molecular formula is C9H13N3O. The van der Waals surface area contributed by atoms with Crippen LogP contribution in [-0.2, 0) is 4.79 Å². The highest BCUT2D eigenvalue weighted by molar-refractivity contribution is 5.78. The van der Waals surface area contributed by atoms with Crippen LogP contribution in [0.4, 0.5) is 11.4 Å². The molecule has 1 aromatic rings. The van der Waals surface area contributed by atoms with E-state index in [2.05, 4.69) is 10.9 Å². The van der Waals surface area contributed by atoms with Crippen LogP contribution in [0.5, 0.6) is 0 Å². The first-order chi connectivity index (χ1) is 6.24. The second-order valence-electron chi connectivity index (χ2n) is 2.61. The topological polar surface area (TPSA) is 67.2 Å². The Morgan fingerprint density at radius 1 is 1.46 bits per heavy atom. The molecule has 0 fully saturated rings. The summed E-state index contributed by atoms with van der Waals surface area (Å²) in [5.74, 6) is -0.0664. The third-order valence-electron chi connectivity index (χ3n) is 1.62. The monoisotopic (exact) mass is 179 g/mol. The van der Waals surface area contributed by atoms with Crippen LogP contribution in [0.2, 0.25) is 0 Å². The van der Waals surface area contributed by atoms with Gasteiger partial charge < -0.3 is 5.73 Å². The van der Waals surface area contributed by atoms with E-state index in [9.17, 15) is 4.79 Å². The molecule has 0 unspecified atom stereocenters. The minimum absolute atomic E-state index is 0.0664. The molecule has 1 aromatic carbocycles. The summed E-state index contributed by atoms with van der Waals surface area (Å²) < 4.78 is 0. The Morgan fingerprint density at radius 3 is 2.77 bits per heavy atom. The van der Waals surface area contributed by atoms with Gasteiger partial charge in [-0.25, -0.2) is 0 Å². The highest BCUT2D eigenvalue weighted by atomic mass is 16.2. The van der Waals surface area contributed by atoms with E-state index in [1.807, 2.05) is 12.1 Å². The molecule has 1 amide bonds. The van der Waals surface area contributed by atoms with Gasteiger partial charge in [0, 0.05) is 6.42 Å². The highest BCUT2D eigenvalue weighted by Crippen LogP contribution is 2.14. The van der Waals surface area contributed by atoms with Gasteiger partial charge >= 0.3 is 0 Å². The van der Waals surface area contributed by atoms with Crippen LogP contribution in [0.1, 0.15) is 13.3 Å². The Balaban J connectivity index is 2.54. The fourth-order valence-electron chi connectivity index (χ4n) is 0.836.